The van der Waals surface area contributed by atoms with Crippen LogP contribution in [-0.2, 0) is 28.5 Å². The van der Waals surface area contributed by atoms with Gasteiger partial charge in [0.25, 0.3) is 0 Å². The Kier molecular flexibility index (Phi) is 15.9. The molecule has 9 fully saturated rings. The molecular formula is C60H100O8. The molecule has 0 heterocycles. The molecular weight excluding hydrogens is 849 g/mol. The third-order valence-electron chi connectivity index (χ3n) is 24.1. The van der Waals surface area contributed by atoms with E-state index < -0.39 is 12.6 Å². The summed E-state index contributed by atoms with van der Waals surface area (Å²) in [7, 11) is 0. The lowest BCUT2D eigenvalue weighted by molar-refractivity contribution is -0.181. The van der Waals surface area contributed by atoms with Crippen LogP contribution in [0.5, 0.6) is 0 Å². The van der Waals surface area contributed by atoms with Crippen LogP contribution in [0.3, 0.4) is 0 Å². The molecule has 9 rings (SSSR count). The standard InChI is InChI=1S/C60H100O8/c1-37(49-19-21-51-47-17-15-43-33-45(61)25-29-57(43,5)53(47)27-31-59(49,51)7)9-23-55(63)67-39(3)65-35-41-11-13-42(14-12-41)36-66-40(4)68-56(64)24-10-38(2)50-20-22-52-48-18-16-44-34-46(62)26-30-58(44,6)54(48)28-32-60(50,52)8/h37-54,61-62H,9-36H2,1-8H3. The maximum atomic E-state index is 13.1. The van der Waals surface area contributed by atoms with Crippen LogP contribution in [0.4, 0.5) is 0 Å². The van der Waals surface area contributed by atoms with Gasteiger partial charge in [-0.3, -0.25) is 9.59 Å². The van der Waals surface area contributed by atoms with Crippen LogP contribution in [0, 0.1) is 105 Å². The molecule has 388 valence electrons. The van der Waals surface area contributed by atoms with Crippen LogP contribution < -0.4 is 0 Å². The van der Waals surface area contributed by atoms with Crippen molar-refractivity contribution in [3.63, 3.8) is 0 Å². The van der Waals surface area contributed by atoms with E-state index in [2.05, 4.69) is 41.5 Å². The smallest absolute Gasteiger partial charge is 0.308 e. The molecule has 9 aliphatic rings. The molecule has 0 bridgehead atoms. The highest BCUT2D eigenvalue weighted by molar-refractivity contribution is 5.69. The Morgan fingerprint density at radius 1 is 0.471 bits per heavy atom. The van der Waals surface area contributed by atoms with Gasteiger partial charge in [-0.2, -0.15) is 0 Å². The Balaban J connectivity index is 0.623. The Labute approximate surface area is 414 Å². The molecule has 8 nitrogen and oxygen atoms in total. The van der Waals surface area contributed by atoms with Crippen LogP contribution in [0.15, 0.2) is 0 Å². The van der Waals surface area contributed by atoms with Gasteiger partial charge in [-0.15, -0.1) is 0 Å². The minimum absolute atomic E-state index is 0.0805. The molecule has 2 N–H and O–H groups in total. The van der Waals surface area contributed by atoms with Gasteiger partial charge in [0, 0.05) is 12.8 Å². The van der Waals surface area contributed by atoms with E-state index in [-0.39, 0.29) is 24.1 Å². The first-order valence-corrected chi connectivity index (χ1v) is 29.4. The molecule has 20 unspecified atom stereocenters. The molecule has 0 aromatic rings. The van der Waals surface area contributed by atoms with Crippen molar-refractivity contribution in [2.75, 3.05) is 13.2 Å². The van der Waals surface area contributed by atoms with E-state index in [1.54, 1.807) is 0 Å². The van der Waals surface area contributed by atoms with E-state index in [0.29, 0.717) is 95.1 Å². The topological polar surface area (TPSA) is 112 Å². The Bertz CT molecular complexity index is 1590. The van der Waals surface area contributed by atoms with Gasteiger partial charge >= 0.3 is 11.9 Å². The molecule has 0 aromatic carbocycles. The summed E-state index contributed by atoms with van der Waals surface area (Å²) in [6.45, 7) is 20.2. The minimum Gasteiger partial charge on any atom is -0.436 e. The zero-order valence-electron chi connectivity index (χ0n) is 44.5. The molecule has 9 aliphatic carbocycles. The summed E-state index contributed by atoms with van der Waals surface area (Å²) in [6.07, 6.45) is 28.2. The second-order valence-electron chi connectivity index (χ2n) is 27.3. The number of hydrogen-bond acceptors (Lipinski definition) is 8. The van der Waals surface area contributed by atoms with E-state index >= 15 is 0 Å². The largest absolute Gasteiger partial charge is 0.436 e. The Hall–Kier alpha value is -1.22. The first-order chi connectivity index (χ1) is 32.4. The lowest BCUT2D eigenvalue weighted by Gasteiger charge is -2.61. The Morgan fingerprint density at radius 3 is 1.24 bits per heavy atom. The second-order valence-corrected chi connectivity index (χ2v) is 27.3. The fourth-order valence-electron chi connectivity index (χ4n) is 20.2. The lowest BCUT2D eigenvalue weighted by Crippen LogP contribution is -2.54. The minimum atomic E-state index is -0.529. The number of aliphatic hydroxyl groups is 2. The maximum absolute atomic E-state index is 13.1. The monoisotopic (exact) mass is 949 g/mol. The second kappa shape index (κ2) is 21.0. The zero-order chi connectivity index (χ0) is 48.2. The number of carbonyl (C=O) groups excluding carboxylic acids is 2. The number of hydrogen-bond donors (Lipinski definition) is 2. The van der Waals surface area contributed by atoms with E-state index in [4.69, 9.17) is 18.9 Å². The van der Waals surface area contributed by atoms with E-state index in [9.17, 15) is 19.8 Å². The van der Waals surface area contributed by atoms with Crippen molar-refractivity contribution >= 4 is 11.9 Å². The predicted molar refractivity (Wildman–Crippen MR) is 268 cm³/mol. The predicted octanol–water partition coefficient (Wildman–Crippen LogP) is 13.5. The highest BCUT2D eigenvalue weighted by atomic mass is 16.7. The lowest BCUT2D eigenvalue weighted by atomic mass is 9.44. The number of fused-ring (bicyclic) bond motifs is 10. The summed E-state index contributed by atoms with van der Waals surface area (Å²) >= 11 is 0. The molecule has 0 saturated heterocycles. The number of rotatable bonds is 16. The summed E-state index contributed by atoms with van der Waals surface area (Å²) in [5, 5.41) is 20.9. The summed E-state index contributed by atoms with van der Waals surface area (Å²) in [5.41, 5.74) is 1.60. The number of aliphatic hydroxyl groups excluding tert-OH is 2. The van der Waals surface area contributed by atoms with Gasteiger partial charge in [0.05, 0.1) is 25.4 Å². The molecule has 9 saturated carbocycles. The summed E-state index contributed by atoms with van der Waals surface area (Å²) < 4.78 is 23.9. The third-order valence-corrected chi connectivity index (χ3v) is 24.1. The average Bonchev–Trinajstić information content (AvgIpc) is 3.86. The van der Waals surface area contributed by atoms with Gasteiger partial charge in [0.2, 0.25) is 0 Å². The number of carbonyl (C=O) groups is 2. The SMILES string of the molecule is CC(OCC1CCC(COC(C)OC(=O)CCC(C)C2CCC3C4CCC5CC(O)CCC5(C)C4CCC23C)CC1)OC(=O)CCC(C)C1CCC2C3CCC4CC(O)CCC4(C)C3CCC12C. The first kappa shape index (κ1) is 51.7. The van der Waals surface area contributed by atoms with Gasteiger partial charge in [0.1, 0.15) is 0 Å². The molecule has 68 heavy (non-hydrogen) atoms. The molecule has 0 aromatic heterocycles. The molecule has 20 atom stereocenters. The number of esters is 2. The van der Waals surface area contributed by atoms with Crippen molar-refractivity contribution in [2.24, 2.45) is 105 Å². The van der Waals surface area contributed by atoms with Crippen molar-refractivity contribution < 1.29 is 38.7 Å². The van der Waals surface area contributed by atoms with Crippen molar-refractivity contribution in [1.82, 2.24) is 0 Å². The number of ether oxygens (including phenoxy) is 4. The van der Waals surface area contributed by atoms with Gasteiger partial charge in [-0.1, -0.05) is 41.5 Å². The van der Waals surface area contributed by atoms with Crippen LogP contribution in [-0.4, -0.2) is 60.2 Å². The van der Waals surface area contributed by atoms with Crippen molar-refractivity contribution in [3.05, 3.63) is 0 Å². The first-order valence-electron chi connectivity index (χ1n) is 29.4. The van der Waals surface area contributed by atoms with Crippen LogP contribution in [0.1, 0.15) is 222 Å². The van der Waals surface area contributed by atoms with Crippen LogP contribution >= 0.6 is 0 Å². The quantitative estimate of drug-likeness (QED) is 0.116. The summed E-state index contributed by atoms with van der Waals surface area (Å²) in [4.78, 5) is 26.2. The van der Waals surface area contributed by atoms with Crippen molar-refractivity contribution in [2.45, 2.75) is 247 Å². The highest BCUT2D eigenvalue weighted by Crippen LogP contribution is 2.70. The maximum Gasteiger partial charge on any atom is 0.308 e. The zero-order valence-corrected chi connectivity index (χ0v) is 44.5. The van der Waals surface area contributed by atoms with Crippen molar-refractivity contribution in [3.8, 4) is 0 Å². The fourth-order valence-corrected chi connectivity index (χ4v) is 20.2. The third kappa shape index (κ3) is 10.2. The fraction of sp³-hybridized carbons (Fsp3) is 0.967. The van der Waals surface area contributed by atoms with Crippen molar-refractivity contribution in [1.29, 1.82) is 0 Å². The highest BCUT2D eigenvalue weighted by Gasteiger charge is 2.62. The Morgan fingerprint density at radius 2 is 0.838 bits per heavy atom. The molecule has 0 radical (unpaired) electrons. The molecule has 0 spiro atoms. The van der Waals surface area contributed by atoms with Gasteiger partial charge in [0.15, 0.2) is 12.6 Å². The average molecular weight is 949 g/mol. The molecule has 0 amide bonds. The normalized spacial score (nSPS) is 47.1. The van der Waals surface area contributed by atoms with Crippen LogP contribution in [0.2, 0.25) is 0 Å². The van der Waals surface area contributed by atoms with E-state index in [1.807, 2.05) is 13.8 Å². The van der Waals surface area contributed by atoms with E-state index in [1.165, 1.54) is 89.9 Å². The molecule has 0 aliphatic heterocycles. The van der Waals surface area contributed by atoms with Crippen LogP contribution in [0.25, 0.3) is 0 Å². The van der Waals surface area contributed by atoms with Gasteiger partial charge in [-0.05, 0) is 272 Å². The van der Waals surface area contributed by atoms with Gasteiger partial charge in [-0.25, -0.2) is 0 Å². The summed E-state index contributed by atoms with van der Waals surface area (Å²) in [5.74, 6) is 9.40. The van der Waals surface area contributed by atoms with Gasteiger partial charge < -0.3 is 29.2 Å². The molecule has 8 heteroatoms. The van der Waals surface area contributed by atoms with E-state index in [0.717, 1.165) is 99.7 Å². The summed E-state index contributed by atoms with van der Waals surface area (Å²) in [6, 6.07) is 0.